The van der Waals surface area contributed by atoms with Gasteiger partial charge in [0.1, 0.15) is 23.3 Å². The van der Waals surface area contributed by atoms with Crippen molar-refractivity contribution in [2.75, 3.05) is 35.2 Å². The van der Waals surface area contributed by atoms with Crippen LogP contribution >= 0.6 is 0 Å². The van der Waals surface area contributed by atoms with E-state index in [1.54, 1.807) is 12.1 Å². The van der Waals surface area contributed by atoms with Crippen LogP contribution in [0.4, 0.5) is 27.4 Å². The van der Waals surface area contributed by atoms with Gasteiger partial charge in [0.15, 0.2) is 0 Å². The van der Waals surface area contributed by atoms with Crippen LogP contribution in [0.1, 0.15) is 25.2 Å². The minimum absolute atomic E-state index is 0.177. The molecule has 3 rings (SSSR count). The first-order valence-corrected chi connectivity index (χ1v) is 10.0. The van der Waals surface area contributed by atoms with Gasteiger partial charge in [-0.05, 0) is 63.1 Å². The third-order valence-corrected chi connectivity index (χ3v) is 4.76. The van der Waals surface area contributed by atoms with Crippen molar-refractivity contribution in [3.8, 4) is 0 Å². The Kier molecular flexibility index (Phi) is 7.00. The second kappa shape index (κ2) is 9.87. The van der Waals surface area contributed by atoms with Crippen LogP contribution in [0.25, 0.3) is 0 Å². The molecule has 2 N–H and O–H groups in total. The Labute approximate surface area is 172 Å². The summed E-state index contributed by atoms with van der Waals surface area (Å²) in [5.74, 6) is 1.93. The minimum Gasteiger partial charge on any atom is -0.372 e. The lowest BCUT2D eigenvalue weighted by Crippen LogP contribution is -2.21. The van der Waals surface area contributed by atoms with Crippen molar-refractivity contribution < 1.29 is 4.39 Å². The average Bonchev–Trinajstić information content (AvgIpc) is 2.71. The van der Waals surface area contributed by atoms with Gasteiger partial charge in [-0.3, -0.25) is 0 Å². The Morgan fingerprint density at radius 2 is 1.62 bits per heavy atom. The number of nitrogens with zero attached hydrogens (tertiary/aromatic N) is 3. The summed E-state index contributed by atoms with van der Waals surface area (Å²) in [4.78, 5) is 11.2. The number of aryl methyl sites for hydroxylation is 1. The van der Waals surface area contributed by atoms with Gasteiger partial charge in [-0.2, -0.15) is 0 Å². The normalized spacial score (nSPS) is 10.6. The van der Waals surface area contributed by atoms with Crippen LogP contribution in [0.2, 0.25) is 0 Å². The fourth-order valence-electron chi connectivity index (χ4n) is 3.24. The molecule has 0 fully saturated rings. The predicted octanol–water partition coefficient (Wildman–Crippen LogP) is 5.17. The highest BCUT2D eigenvalue weighted by molar-refractivity contribution is 5.62. The number of halogens is 1. The molecule has 5 nitrogen and oxygen atoms in total. The summed E-state index contributed by atoms with van der Waals surface area (Å²) in [5.41, 5.74) is 2.86. The van der Waals surface area contributed by atoms with Crippen molar-refractivity contribution in [3.63, 3.8) is 0 Å². The lowest BCUT2D eigenvalue weighted by Gasteiger charge is -2.21. The van der Waals surface area contributed by atoms with Crippen molar-refractivity contribution >= 4 is 23.0 Å². The minimum atomic E-state index is -0.177. The van der Waals surface area contributed by atoms with E-state index in [0.29, 0.717) is 24.4 Å². The van der Waals surface area contributed by atoms with Crippen LogP contribution in [0.3, 0.4) is 0 Å². The monoisotopic (exact) mass is 393 g/mol. The molecule has 0 amide bonds. The zero-order chi connectivity index (χ0) is 20.6. The second-order valence-electron chi connectivity index (χ2n) is 6.80. The molecule has 0 saturated carbocycles. The van der Waals surface area contributed by atoms with Gasteiger partial charge in [-0.1, -0.05) is 18.2 Å². The smallest absolute Gasteiger partial charge is 0.136 e. The highest BCUT2D eigenvalue weighted by atomic mass is 19.1. The molecule has 0 atom stereocenters. The zero-order valence-electron chi connectivity index (χ0n) is 17.2. The van der Waals surface area contributed by atoms with E-state index < -0.39 is 0 Å². The van der Waals surface area contributed by atoms with Crippen molar-refractivity contribution in [3.05, 3.63) is 71.8 Å². The summed E-state index contributed by atoms with van der Waals surface area (Å²) in [6.07, 6.45) is 0.589. The SMILES string of the molecule is CCN(CC)c1ccc(Nc2cc(NCCc3ccccc3F)nc(C)n2)cc1. The Morgan fingerprint density at radius 1 is 0.931 bits per heavy atom. The first-order valence-electron chi connectivity index (χ1n) is 10.0. The van der Waals surface area contributed by atoms with E-state index in [-0.39, 0.29) is 5.82 Å². The lowest BCUT2D eigenvalue weighted by molar-refractivity contribution is 0.610. The number of rotatable bonds is 9. The van der Waals surface area contributed by atoms with Gasteiger partial charge in [0.25, 0.3) is 0 Å². The molecule has 0 saturated heterocycles. The van der Waals surface area contributed by atoms with Crippen LogP contribution in [-0.4, -0.2) is 29.6 Å². The Balaban J connectivity index is 1.63. The second-order valence-corrected chi connectivity index (χ2v) is 6.80. The first kappa shape index (κ1) is 20.6. The van der Waals surface area contributed by atoms with Gasteiger partial charge in [-0.15, -0.1) is 0 Å². The van der Waals surface area contributed by atoms with E-state index in [1.807, 2.05) is 19.1 Å². The van der Waals surface area contributed by atoms with Gasteiger partial charge in [0, 0.05) is 37.1 Å². The largest absolute Gasteiger partial charge is 0.372 e. The van der Waals surface area contributed by atoms with Crippen molar-refractivity contribution in [2.24, 2.45) is 0 Å². The lowest BCUT2D eigenvalue weighted by atomic mass is 10.1. The molecule has 0 aliphatic heterocycles. The summed E-state index contributed by atoms with van der Waals surface area (Å²) in [6, 6.07) is 17.0. The highest BCUT2D eigenvalue weighted by Crippen LogP contribution is 2.21. The summed E-state index contributed by atoms with van der Waals surface area (Å²) < 4.78 is 13.7. The van der Waals surface area contributed by atoms with Crippen molar-refractivity contribution in [1.82, 2.24) is 9.97 Å². The molecule has 0 spiro atoms. The number of nitrogens with one attached hydrogen (secondary N) is 2. The topological polar surface area (TPSA) is 53.1 Å². The molecule has 0 bridgehead atoms. The van der Waals surface area contributed by atoms with Crippen LogP contribution in [-0.2, 0) is 6.42 Å². The molecule has 0 radical (unpaired) electrons. The number of hydrogen-bond donors (Lipinski definition) is 2. The van der Waals surface area contributed by atoms with Gasteiger partial charge >= 0.3 is 0 Å². The van der Waals surface area contributed by atoms with E-state index in [4.69, 9.17) is 0 Å². The van der Waals surface area contributed by atoms with Crippen LogP contribution in [0.5, 0.6) is 0 Å². The van der Waals surface area contributed by atoms with E-state index in [0.717, 1.165) is 30.4 Å². The highest BCUT2D eigenvalue weighted by Gasteiger charge is 2.06. The van der Waals surface area contributed by atoms with E-state index in [1.165, 1.54) is 11.8 Å². The fraction of sp³-hybridized carbons (Fsp3) is 0.304. The van der Waals surface area contributed by atoms with Gasteiger partial charge < -0.3 is 15.5 Å². The molecular formula is C23H28FN5. The third-order valence-electron chi connectivity index (χ3n) is 4.76. The number of hydrogen-bond acceptors (Lipinski definition) is 5. The Bertz CT molecular complexity index is 923. The molecule has 0 aliphatic rings. The third kappa shape index (κ3) is 5.67. The molecule has 6 heteroatoms. The van der Waals surface area contributed by atoms with E-state index >= 15 is 0 Å². The molecule has 152 valence electrons. The summed E-state index contributed by atoms with van der Waals surface area (Å²) >= 11 is 0. The van der Waals surface area contributed by atoms with Gasteiger partial charge in [0.2, 0.25) is 0 Å². The number of anilines is 4. The van der Waals surface area contributed by atoms with Crippen LogP contribution in [0, 0.1) is 12.7 Å². The maximum Gasteiger partial charge on any atom is 0.136 e. The maximum absolute atomic E-state index is 13.7. The number of benzene rings is 2. The number of aromatic nitrogens is 2. The van der Waals surface area contributed by atoms with Gasteiger partial charge in [-0.25, -0.2) is 14.4 Å². The molecule has 29 heavy (non-hydrogen) atoms. The standard InChI is InChI=1S/C23H28FN5/c1-4-29(5-2)20-12-10-19(11-13-20)28-23-16-22(26-17(3)27-23)25-15-14-18-8-6-7-9-21(18)24/h6-13,16H,4-5,14-15H2,1-3H3,(H2,25,26,27,28). The van der Waals surface area contributed by atoms with Crippen LogP contribution < -0.4 is 15.5 Å². The molecule has 0 unspecified atom stereocenters. The van der Waals surface area contributed by atoms with E-state index in [2.05, 4.69) is 63.6 Å². The quantitative estimate of drug-likeness (QED) is 0.525. The molecule has 0 aliphatic carbocycles. The molecular weight excluding hydrogens is 365 g/mol. The summed E-state index contributed by atoms with van der Waals surface area (Å²) in [6.45, 7) is 8.72. The molecule has 1 heterocycles. The first-order chi connectivity index (χ1) is 14.1. The van der Waals surface area contributed by atoms with Crippen molar-refractivity contribution in [2.45, 2.75) is 27.2 Å². The Hall–Kier alpha value is -3.15. The predicted molar refractivity (Wildman–Crippen MR) is 119 cm³/mol. The van der Waals surface area contributed by atoms with Crippen LogP contribution in [0.15, 0.2) is 54.6 Å². The maximum atomic E-state index is 13.7. The summed E-state index contributed by atoms with van der Waals surface area (Å²) in [7, 11) is 0. The average molecular weight is 394 g/mol. The molecule has 3 aromatic rings. The van der Waals surface area contributed by atoms with E-state index in [9.17, 15) is 4.39 Å². The molecule has 2 aromatic carbocycles. The fourth-order valence-corrected chi connectivity index (χ4v) is 3.24. The molecule has 1 aromatic heterocycles. The zero-order valence-corrected chi connectivity index (χ0v) is 17.2. The van der Waals surface area contributed by atoms with Crippen molar-refractivity contribution in [1.29, 1.82) is 0 Å². The van der Waals surface area contributed by atoms with Gasteiger partial charge in [0.05, 0.1) is 0 Å². The summed E-state index contributed by atoms with van der Waals surface area (Å²) in [5, 5.41) is 6.60. The Morgan fingerprint density at radius 3 is 2.31 bits per heavy atom.